The third kappa shape index (κ3) is 4.18. The number of carbonyl (C=O) groups excluding carboxylic acids is 2. The fourth-order valence-corrected chi connectivity index (χ4v) is 1.90. The van der Waals surface area contributed by atoms with Crippen LogP contribution < -0.4 is 10.6 Å². The molecule has 0 spiro atoms. The molecule has 22 heavy (non-hydrogen) atoms. The van der Waals surface area contributed by atoms with Crippen LogP contribution >= 0.6 is 0 Å². The number of aryl methyl sites for hydroxylation is 1. The summed E-state index contributed by atoms with van der Waals surface area (Å²) in [5.74, 6) is 0.441. The van der Waals surface area contributed by atoms with E-state index in [0.29, 0.717) is 29.2 Å². The fraction of sp³-hybridized carbons (Fsp3) is 0.312. The van der Waals surface area contributed by atoms with Crippen LogP contribution in [0.15, 0.2) is 34.9 Å². The van der Waals surface area contributed by atoms with Crippen molar-refractivity contribution in [3.8, 4) is 0 Å². The summed E-state index contributed by atoms with van der Waals surface area (Å²) >= 11 is 0. The number of nitrogens with zero attached hydrogens (tertiary/aromatic N) is 1. The first-order chi connectivity index (χ1) is 10.6. The highest BCUT2D eigenvalue weighted by Crippen LogP contribution is 2.11. The summed E-state index contributed by atoms with van der Waals surface area (Å²) in [5.41, 5.74) is 0.851. The van der Waals surface area contributed by atoms with Crippen LogP contribution in [0.3, 0.4) is 0 Å². The second-order valence-corrected chi connectivity index (χ2v) is 4.97. The van der Waals surface area contributed by atoms with Gasteiger partial charge in [0.2, 0.25) is 0 Å². The van der Waals surface area contributed by atoms with E-state index in [1.54, 1.807) is 37.3 Å². The van der Waals surface area contributed by atoms with Gasteiger partial charge >= 0.3 is 0 Å². The van der Waals surface area contributed by atoms with Gasteiger partial charge in [0.05, 0.1) is 0 Å². The van der Waals surface area contributed by atoms with Crippen molar-refractivity contribution in [2.75, 3.05) is 11.9 Å². The lowest BCUT2D eigenvalue weighted by molar-refractivity contribution is 0.0953. The number of hydrogen-bond acceptors (Lipinski definition) is 4. The fourth-order valence-electron chi connectivity index (χ4n) is 1.90. The van der Waals surface area contributed by atoms with Gasteiger partial charge in [-0.2, -0.15) is 0 Å². The maximum Gasteiger partial charge on any atom is 0.256 e. The highest BCUT2D eigenvalue weighted by atomic mass is 16.5. The van der Waals surface area contributed by atoms with Crippen LogP contribution in [-0.4, -0.2) is 23.5 Å². The molecule has 1 aromatic heterocycles. The Morgan fingerprint density at radius 3 is 2.55 bits per heavy atom. The quantitative estimate of drug-likeness (QED) is 0.803. The van der Waals surface area contributed by atoms with Crippen molar-refractivity contribution in [2.45, 2.75) is 26.7 Å². The van der Waals surface area contributed by atoms with Crippen LogP contribution in [0.2, 0.25) is 0 Å². The van der Waals surface area contributed by atoms with E-state index in [4.69, 9.17) is 4.52 Å². The number of unbranched alkanes of at least 4 members (excludes halogenated alkanes) is 1. The first kappa shape index (κ1) is 15.8. The van der Waals surface area contributed by atoms with Crippen LogP contribution in [-0.2, 0) is 0 Å². The molecule has 2 N–H and O–H groups in total. The minimum absolute atomic E-state index is 0.180. The zero-order valence-corrected chi connectivity index (χ0v) is 12.7. The van der Waals surface area contributed by atoms with E-state index in [9.17, 15) is 9.59 Å². The van der Waals surface area contributed by atoms with Gasteiger partial charge in [-0.1, -0.05) is 24.6 Å². The summed E-state index contributed by atoms with van der Waals surface area (Å²) < 4.78 is 4.89. The monoisotopic (exact) mass is 301 g/mol. The third-order valence-electron chi connectivity index (χ3n) is 3.07. The molecule has 1 heterocycles. The normalized spacial score (nSPS) is 10.3. The molecule has 6 nitrogen and oxygen atoms in total. The Labute approximate surface area is 128 Å². The van der Waals surface area contributed by atoms with E-state index >= 15 is 0 Å². The van der Waals surface area contributed by atoms with E-state index in [-0.39, 0.29) is 11.8 Å². The van der Waals surface area contributed by atoms with Crippen molar-refractivity contribution in [1.29, 1.82) is 0 Å². The number of rotatable bonds is 6. The molecule has 2 rings (SSSR count). The smallest absolute Gasteiger partial charge is 0.256 e. The Hall–Kier alpha value is -2.63. The van der Waals surface area contributed by atoms with Gasteiger partial charge in [0, 0.05) is 23.7 Å². The van der Waals surface area contributed by atoms with Gasteiger partial charge in [-0.3, -0.25) is 9.59 Å². The van der Waals surface area contributed by atoms with Crippen molar-refractivity contribution in [3.63, 3.8) is 0 Å². The Morgan fingerprint density at radius 1 is 1.18 bits per heavy atom. The average Bonchev–Trinajstić information content (AvgIpc) is 2.92. The van der Waals surface area contributed by atoms with Crippen molar-refractivity contribution in [2.24, 2.45) is 0 Å². The molecule has 0 fully saturated rings. The predicted octanol–water partition coefficient (Wildman–Crippen LogP) is 2.77. The summed E-state index contributed by atoms with van der Waals surface area (Å²) in [4.78, 5) is 24.1. The zero-order valence-electron chi connectivity index (χ0n) is 12.7. The van der Waals surface area contributed by atoms with Crippen molar-refractivity contribution < 1.29 is 14.1 Å². The van der Waals surface area contributed by atoms with Gasteiger partial charge in [-0.25, -0.2) is 0 Å². The molecular weight excluding hydrogens is 282 g/mol. The first-order valence-electron chi connectivity index (χ1n) is 7.23. The summed E-state index contributed by atoms with van der Waals surface area (Å²) in [6, 6.07) is 8.18. The van der Waals surface area contributed by atoms with Gasteiger partial charge in [0.25, 0.3) is 11.8 Å². The highest BCUT2D eigenvalue weighted by Gasteiger charge is 2.12. The predicted molar refractivity (Wildman–Crippen MR) is 82.9 cm³/mol. The molecule has 0 atom stereocenters. The number of anilines is 1. The molecule has 0 bridgehead atoms. The van der Waals surface area contributed by atoms with Crippen LogP contribution in [0, 0.1) is 6.92 Å². The molecule has 0 radical (unpaired) electrons. The molecular formula is C16H19N3O3. The van der Waals surface area contributed by atoms with Gasteiger partial charge in [-0.15, -0.1) is 0 Å². The van der Waals surface area contributed by atoms with Gasteiger partial charge in [0.15, 0.2) is 5.82 Å². The summed E-state index contributed by atoms with van der Waals surface area (Å²) in [7, 11) is 0. The van der Waals surface area contributed by atoms with Crippen LogP contribution in [0.4, 0.5) is 5.82 Å². The summed E-state index contributed by atoms with van der Waals surface area (Å²) in [6.07, 6.45) is 1.94. The van der Waals surface area contributed by atoms with Crippen LogP contribution in [0.25, 0.3) is 0 Å². The van der Waals surface area contributed by atoms with Crippen LogP contribution in [0.5, 0.6) is 0 Å². The van der Waals surface area contributed by atoms with E-state index in [1.807, 2.05) is 0 Å². The number of hydrogen-bond donors (Lipinski definition) is 2. The van der Waals surface area contributed by atoms with Crippen molar-refractivity contribution in [3.05, 3.63) is 47.2 Å². The number of nitrogens with one attached hydrogen (secondary N) is 2. The summed E-state index contributed by atoms with van der Waals surface area (Å²) in [5, 5.41) is 9.15. The van der Waals surface area contributed by atoms with Gasteiger partial charge in [0.1, 0.15) is 5.76 Å². The Balaban J connectivity index is 2.04. The zero-order chi connectivity index (χ0) is 15.9. The van der Waals surface area contributed by atoms with E-state index < -0.39 is 0 Å². The third-order valence-corrected chi connectivity index (χ3v) is 3.07. The number of amides is 2. The molecule has 0 saturated heterocycles. The number of carbonyl (C=O) groups is 2. The molecule has 0 aliphatic rings. The second-order valence-electron chi connectivity index (χ2n) is 4.97. The molecule has 0 aliphatic heterocycles. The highest BCUT2D eigenvalue weighted by molar-refractivity contribution is 6.05. The van der Waals surface area contributed by atoms with E-state index in [2.05, 4.69) is 22.7 Å². The lowest BCUT2D eigenvalue weighted by atomic mass is 10.1. The number of aromatic nitrogens is 1. The average molecular weight is 301 g/mol. The minimum atomic E-state index is -0.337. The standard InChI is InChI=1S/C16H19N3O3/c1-3-4-8-17-15(20)12-6-5-7-13(10-12)16(21)18-14-9-11(2)22-19-14/h5-7,9-10H,3-4,8H2,1-2H3,(H,17,20)(H,18,19,21). The molecule has 0 aliphatic carbocycles. The molecule has 116 valence electrons. The molecule has 2 aromatic rings. The Kier molecular flexibility index (Phi) is 5.30. The van der Waals surface area contributed by atoms with Crippen LogP contribution in [0.1, 0.15) is 46.2 Å². The molecule has 0 saturated carbocycles. The van der Waals surface area contributed by atoms with E-state index in [0.717, 1.165) is 12.8 Å². The maximum absolute atomic E-state index is 12.1. The number of benzene rings is 1. The Bertz CT molecular complexity index is 664. The lowest BCUT2D eigenvalue weighted by Crippen LogP contribution is -2.24. The van der Waals surface area contributed by atoms with Gasteiger partial charge < -0.3 is 15.2 Å². The molecule has 6 heteroatoms. The Morgan fingerprint density at radius 2 is 1.91 bits per heavy atom. The minimum Gasteiger partial charge on any atom is -0.360 e. The maximum atomic E-state index is 12.1. The first-order valence-corrected chi connectivity index (χ1v) is 7.23. The van der Waals surface area contributed by atoms with Crippen molar-refractivity contribution >= 4 is 17.6 Å². The molecule has 2 amide bonds. The topological polar surface area (TPSA) is 84.2 Å². The molecule has 0 unspecified atom stereocenters. The SMILES string of the molecule is CCCCNC(=O)c1cccc(C(=O)Nc2cc(C)on2)c1. The largest absolute Gasteiger partial charge is 0.360 e. The lowest BCUT2D eigenvalue weighted by Gasteiger charge is -2.06. The second kappa shape index (κ2) is 7.40. The van der Waals surface area contributed by atoms with Gasteiger partial charge in [-0.05, 0) is 31.5 Å². The molecule has 1 aromatic carbocycles. The van der Waals surface area contributed by atoms with E-state index in [1.165, 1.54) is 0 Å². The van der Waals surface area contributed by atoms with Crippen molar-refractivity contribution in [1.82, 2.24) is 10.5 Å². The summed E-state index contributed by atoms with van der Waals surface area (Å²) in [6.45, 7) is 4.43.